The Bertz CT molecular complexity index is 1150. The van der Waals surface area contributed by atoms with Crippen LogP contribution in [-0.4, -0.2) is 68.2 Å². The van der Waals surface area contributed by atoms with Crippen LogP contribution in [0.25, 0.3) is 0 Å². The number of nitrogens with zero attached hydrogens (tertiary/aromatic N) is 1. The molecule has 1 aliphatic rings. The number of hydrogen-bond donors (Lipinski definition) is 4. The van der Waals surface area contributed by atoms with E-state index in [1.807, 2.05) is 63.3 Å². The average molecular weight is 526 g/mol. The number of thioether (sulfide) groups is 1. The van der Waals surface area contributed by atoms with Gasteiger partial charge in [-0.3, -0.25) is 14.4 Å². The van der Waals surface area contributed by atoms with Crippen molar-refractivity contribution in [2.24, 2.45) is 0 Å². The maximum Gasteiger partial charge on any atom is 0.254 e. The minimum atomic E-state index is -1.60. The van der Waals surface area contributed by atoms with Crippen molar-refractivity contribution in [2.45, 2.75) is 57.1 Å². The summed E-state index contributed by atoms with van der Waals surface area (Å²) in [5.74, 6) is -1.22. The molecular weight excluding hydrogens is 490 g/mol. The molecule has 2 aromatic rings. The zero-order valence-electron chi connectivity index (χ0n) is 21.6. The van der Waals surface area contributed by atoms with E-state index in [0.29, 0.717) is 12.1 Å². The molecule has 0 bridgehead atoms. The van der Waals surface area contributed by atoms with E-state index in [0.717, 1.165) is 5.56 Å². The van der Waals surface area contributed by atoms with Gasteiger partial charge in [-0.2, -0.15) is 0 Å². The Morgan fingerprint density at radius 1 is 1.16 bits per heavy atom. The Kier molecular flexibility index (Phi) is 9.39. The van der Waals surface area contributed by atoms with Crippen molar-refractivity contribution in [3.05, 3.63) is 77.4 Å². The van der Waals surface area contributed by atoms with Crippen LogP contribution in [0.4, 0.5) is 0 Å². The number of phenols is 1. The molecule has 0 radical (unpaired) electrons. The minimum Gasteiger partial charge on any atom is -0.508 e. The Labute approximate surface area is 222 Å². The second kappa shape index (κ2) is 12.3. The number of aliphatic hydroxyl groups excluding tert-OH is 1. The molecule has 0 spiro atoms. The highest BCUT2D eigenvalue weighted by molar-refractivity contribution is 8.00. The van der Waals surface area contributed by atoms with E-state index < -0.39 is 34.7 Å². The third-order valence-corrected chi connectivity index (χ3v) is 7.88. The summed E-state index contributed by atoms with van der Waals surface area (Å²) >= 11 is 1.46. The van der Waals surface area contributed by atoms with E-state index in [9.17, 15) is 24.6 Å². The highest BCUT2D eigenvalue weighted by Gasteiger charge is 2.49. The van der Waals surface area contributed by atoms with Gasteiger partial charge in [-0.15, -0.1) is 11.8 Å². The number of benzene rings is 2. The second-order valence-corrected chi connectivity index (χ2v) is 11.2. The molecule has 0 unspecified atom stereocenters. The van der Waals surface area contributed by atoms with Gasteiger partial charge in [0.05, 0.1) is 11.9 Å². The highest BCUT2D eigenvalue weighted by Crippen LogP contribution is 2.39. The van der Waals surface area contributed by atoms with Crippen molar-refractivity contribution in [3.63, 3.8) is 0 Å². The van der Waals surface area contributed by atoms with E-state index in [2.05, 4.69) is 10.6 Å². The Balaban J connectivity index is 1.87. The lowest BCUT2D eigenvalue weighted by atomic mass is 9.96. The number of carbonyl (C=O) groups excluding carboxylic acids is 3. The van der Waals surface area contributed by atoms with Crippen LogP contribution >= 0.6 is 11.8 Å². The summed E-state index contributed by atoms with van der Waals surface area (Å²) in [7, 11) is 0. The Morgan fingerprint density at radius 2 is 1.86 bits per heavy atom. The number of aromatic hydroxyl groups is 1. The van der Waals surface area contributed by atoms with Crippen LogP contribution in [0.1, 0.15) is 42.3 Å². The molecule has 37 heavy (non-hydrogen) atoms. The van der Waals surface area contributed by atoms with E-state index in [1.54, 1.807) is 19.1 Å². The molecule has 8 nitrogen and oxygen atoms in total. The molecule has 3 atom stereocenters. The quantitative estimate of drug-likeness (QED) is 0.374. The number of carbonyl (C=O) groups is 3. The molecule has 4 N–H and O–H groups in total. The first-order valence-corrected chi connectivity index (χ1v) is 13.2. The molecule has 0 aromatic heterocycles. The maximum atomic E-state index is 13.6. The summed E-state index contributed by atoms with van der Waals surface area (Å²) < 4.78 is -0.563. The van der Waals surface area contributed by atoms with Crippen molar-refractivity contribution in [1.29, 1.82) is 0 Å². The predicted octanol–water partition coefficient (Wildman–Crippen LogP) is 2.78. The summed E-state index contributed by atoms with van der Waals surface area (Å²) in [4.78, 5) is 41.2. The molecule has 9 heteroatoms. The summed E-state index contributed by atoms with van der Waals surface area (Å²) in [5, 5.41) is 27.0. The van der Waals surface area contributed by atoms with E-state index >= 15 is 0 Å². The first-order chi connectivity index (χ1) is 17.6. The number of hydrogen-bond acceptors (Lipinski definition) is 6. The molecule has 2 aromatic carbocycles. The van der Waals surface area contributed by atoms with Crippen LogP contribution in [0.5, 0.6) is 5.75 Å². The molecule has 0 aliphatic carbocycles. The Morgan fingerprint density at radius 3 is 2.54 bits per heavy atom. The van der Waals surface area contributed by atoms with Gasteiger partial charge in [-0.1, -0.05) is 48.6 Å². The minimum absolute atomic E-state index is 0.0213. The molecular formula is C28H35N3O5S. The van der Waals surface area contributed by atoms with Crippen LogP contribution in [0.15, 0.2) is 60.7 Å². The normalized spacial score (nSPS) is 18.4. The van der Waals surface area contributed by atoms with Crippen molar-refractivity contribution in [1.82, 2.24) is 15.5 Å². The standard InChI is InChI=1S/C28H35N3O5S/c1-5-6-15-29-26(35)24-28(3,4)37-17-31(24)27(36)23(33)21(16-19-11-8-7-9-12-19)30-25(34)20-13-10-14-22(32)18(20)2/h5-14,21,23-24,32-33H,15-17H2,1-4H3,(H,29,35)(H,30,34)/b6-5+/t21-,23-,24+/m0/s1. The monoisotopic (exact) mass is 525 g/mol. The van der Waals surface area contributed by atoms with Crippen LogP contribution in [-0.2, 0) is 16.0 Å². The van der Waals surface area contributed by atoms with E-state index in [-0.39, 0.29) is 29.5 Å². The highest BCUT2D eigenvalue weighted by atomic mass is 32.2. The summed E-state index contributed by atoms with van der Waals surface area (Å²) in [6.07, 6.45) is 2.23. The van der Waals surface area contributed by atoms with Crippen molar-refractivity contribution < 1.29 is 24.6 Å². The lowest BCUT2D eigenvalue weighted by Gasteiger charge is -2.33. The van der Waals surface area contributed by atoms with Gasteiger partial charge in [-0.05, 0) is 51.8 Å². The molecule has 1 aliphatic heterocycles. The van der Waals surface area contributed by atoms with Crippen LogP contribution in [0.3, 0.4) is 0 Å². The molecule has 198 valence electrons. The zero-order valence-corrected chi connectivity index (χ0v) is 22.4. The van der Waals surface area contributed by atoms with Gasteiger partial charge in [-0.25, -0.2) is 0 Å². The molecule has 1 saturated heterocycles. The third kappa shape index (κ3) is 6.72. The average Bonchev–Trinajstić information content (AvgIpc) is 3.19. The fourth-order valence-corrected chi connectivity index (χ4v) is 5.49. The lowest BCUT2D eigenvalue weighted by molar-refractivity contribution is -0.147. The SMILES string of the molecule is C/C=C/CNC(=O)[C@H]1N(C(=O)[C@@H](O)[C@H](Cc2ccccc2)NC(=O)c2cccc(O)c2C)CSC1(C)C. The molecule has 1 fully saturated rings. The van der Waals surface area contributed by atoms with Gasteiger partial charge < -0.3 is 25.7 Å². The molecule has 0 saturated carbocycles. The van der Waals surface area contributed by atoms with E-state index in [1.165, 1.54) is 22.7 Å². The number of phenolic OH excluding ortho intramolecular Hbond substituents is 1. The molecule has 3 amide bonds. The van der Waals surface area contributed by atoms with Gasteiger partial charge in [0.1, 0.15) is 11.8 Å². The second-order valence-electron chi connectivity index (χ2n) is 9.57. The topological polar surface area (TPSA) is 119 Å². The van der Waals surface area contributed by atoms with Crippen LogP contribution in [0, 0.1) is 6.92 Å². The third-order valence-electron chi connectivity index (χ3n) is 6.51. The van der Waals surface area contributed by atoms with Crippen LogP contribution < -0.4 is 10.6 Å². The zero-order chi connectivity index (χ0) is 27.2. The number of nitrogens with one attached hydrogen (secondary N) is 2. The Hall–Kier alpha value is -3.30. The first-order valence-electron chi connectivity index (χ1n) is 12.2. The molecule has 1 heterocycles. The fourth-order valence-electron chi connectivity index (χ4n) is 4.35. The molecule has 3 rings (SSSR count). The van der Waals surface area contributed by atoms with Crippen molar-refractivity contribution >= 4 is 29.5 Å². The first kappa shape index (κ1) is 28.3. The lowest BCUT2D eigenvalue weighted by Crippen LogP contribution is -2.58. The number of rotatable bonds is 9. The number of aliphatic hydroxyl groups is 1. The number of allylic oxidation sites excluding steroid dienone is 1. The smallest absolute Gasteiger partial charge is 0.254 e. The van der Waals surface area contributed by atoms with Gasteiger partial charge in [0.25, 0.3) is 11.8 Å². The van der Waals surface area contributed by atoms with Crippen molar-refractivity contribution in [2.75, 3.05) is 12.4 Å². The van der Waals surface area contributed by atoms with Crippen LogP contribution in [0.2, 0.25) is 0 Å². The van der Waals surface area contributed by atoms with E-state index in [4.69, 9.17) is 0 Å². The van der Waals surface area contributed by atoms with Gasteiger partial charge in [0, 0.05) is 22.4 Å². The van der Waals surface area contributed by atoms with Crippen molar-refractivity contribution in [3.8, 4) is 5.75 Å². The predicted molar refractivity (Wildman–Crippen MR) is 145 cm³/mol. The summed E-state index contributed by atoms with van der Waals surface area (Å²) in [6.45, 7) is 7.61. The fraction of sp³-hybridized carbons (Fsp3) is 0.393. The number of amides is 3. The summed E-state index contributed by atoms with van der Waals surface area (Å²) in [5.41, 5.74) is 1.47. The summed E-state index contributed by atoms with van der Waals surface area (Å²) in [6, 6.07) is 12.1. The van der Waals surface area contributed by atoms with Gasteiger partial charge in [0.2, 0.25) is 5.91 Å². The van der Waals surface area contributed by atoms with Gasteiger partial charge in [0.15, 0.2) is 6.10 Å². The van der Waals surface area contributed by atoms with Gasteiger partial charge >= 0.3 is 0 Å². The maximum absolute atomic E-state index is 13.6. The largest absolute Gasteiger partial charge is 0.508 e.